The summed E-state index contributed by atoms with van der Waals surface area (Å²) in [4.78, 5) is 38.3. The molecule has 2 aromatic rings. The number of imide groups is 1. The SMILES string of the molecule is COc1cccc(N2C(=O)C[C@H](NNC(=O)c3ccccc3OC)C2=O)c1. The maximum atomic E-state index is 12.6. The minimum Gasteiger partial charge on any atom is -0.497 e. The zero-order chi connectivity index (χ0) is 19.4. The van der Waals surface area contributed by atoms with Gasteiger partial charge in [-0.15, -0.1) is 0 Å². The Balaban J connectivity index is 1.69. The molecule has 0 aromatic heterocycles. The molecule has 1 aliphatic heterocycles. The molecular weight excluding hydrogens is 350 g/mol. The first-order chi connectivity index (χ1) is 13.0. The minimum absolute atomic E-state index is 0.0672. The predicted molar refractivity (Wildman–Crippen MR) is 97.5 cm³/mol. The average Bonchev–Trinajstić information content (AvgIpc) is 2.99. The van der Waals surface area contributed by atoms with E-state index >= 15 is 0 Å². The molecule has 140 valence electrons. The van der Waals surface area contributed by atoms with Crippen molar-refractivity contribution in [2.75, 3.05) is 19.1 Å². The van der Waals surface area contributed by atoms with Gasteiger partial charge in [0.1, 0.15) is 17.5 Å². The summed E-state index contributed by atoms with van der Waals surface area (Å²) in [6.45, 7) is 0. The zero-order valence-corrected chi connectivity index (χ0v) is 14.9. The van der Waals surface area contributed by atoms with Crippen LogP contribution < -0.4 is 25.2 Å². The summed E-state index contributed by atoms with van der Waals surface area (Å²) >= 11 is 0. The van der Waals surface area contributed by atoms with Crippen LogP contribution in [-0.4, -0.2) is 38.0 Å². The zero-order valence-electron chi connectivity index (χ0n) is 14.9. The second kappa shape index (κ2) is 7.88. The topological polar surface area (TPSA) is 97.0 Å². The van der Waals surface area contributed by atoms with Crippen LogP contribution in [0, 0.1) is 0 Å². The van der Waals surface area contributed by atoms with Gasteiger partial charge in [0.2, 0.25) is 5.91 Å². The van der Waals surface area contributed by atoms with Crippen molar-refractivity contribution in [3.63, 3.8) is 0 Å². The molecule has 0 radical (unpaired) electrons. The molecule has 2 N–H and O–H groups in total. The Morgan fingerprint density at radius 2 is 1.85 bits per heavy atom. The number of carbonyl (C=O) groups excluding carboxylic acids is 3. The summed E-state index contributed by atoms with van der Waals surface area (Å²) in [6, 6.07) is 12.5. The van der Waals surface area contributed by atoms with Crippen molar-refractivity contribution in [1.82, 2.24) is 10.9 Å². The average molecular weight is 369 g/mol. The second-order valence-electron chi connectivity index (χ2n) is 5.82. The normalized spacial score (nSPS) is 16.4. The van der Waals surface area contributed by atoms with Crippen LogP contribution in [0.4, 0.5) is 5.69 Å². The summed E-state index contributed by atoms with van der Waals surface area (Å²) in [5.41, 5.74) is 5.84. The highest BCUT2D eigenvalue weighted by Gasteiger charge is 2.40. The number of carbonyl (C=O) groups is 3. The van der Waals surface area contributed by atoms with E-state index in [1.54, 1.807) is 48.5 Å². The van der Waals surface area contributed by atoms with Gasteiger partial charge in [0.15, 0.2) is 0 Å². The maximum Gasteiger partial charge on any atom is 0.269 e. The molecule has 0 saturated carbocycles. The fourth-order valence-corrected chi connectivity index (χ4v) is 2.82. The molecule has 2 aromatic carbocycles. The van der Waals surface area contributed by atoms with Crippen molar-refractivity contribution in [1.29, 1.82) is 0 Å². The lowest BCUT2D eigenvalue weighted by atomic mass is 10.2. The number of hydrogen-bond donors (Lipinski definition) is 2. The number of para-hydroxylation sites is 1. The molecule has 3 rings (SSSR count). The highest BCUT2D eigenvalue weighted by atomic mass is 16.5. The van der Waals surface area contributed by atoms with Gasteiger partial charge in [-0.2, -0.15) is 0 Å². The minimum atomic E-state index is -0.859. The van der Waals surface area contributed by atoms with E-state index in [2.05, 4.69) is 10.9 Å². The molecule has 1 atom stereocenters. The van der Waals surface area contributed by atoms with Crippen LogP contribution >= 0.6 is 0 Å². The van der Waals surface area contributed by atoms with E-state index in [0.29, 0.717) is 22.7 Å². The molecule has 1 saturated heterocycles. The van der Waals surface area contributed by atoms with Crippen molar-refractivity contribution in [2.45, 2.75) is 12.5 Å². The first kappa shape index (κ1) is 18.4. The molecule has 1 aliphatic rings. The lowest BCUT2D eigenvalue weighted by molar-refractivity contribution is -0.121. The largest absolute Gasteiger partial charge is 0.497 e. The van der Waals surface area contributed by atoms with E-state index in [1.807, 2.05) is 0 Å². The van der Waals surface area contributed by atoms with Gasteiger partial charge in [0.25, 0.3) is 11.8 Å². The number of nitrogens with zero attached hydrogens (tertiary/aromatic N) is 1. The van der Waals surface area contributed by atoms with Gasteiger partial charge in [0, 0.05) is 6.07 Å². The third-order valence-corrected chi connectivity index (χ3v) is 4.17. The lowest BCUT2D eigenvalue weighted by Gasteiger charge is -2.17. The molecule has 0 unspecified atom stereocenters. The molecule has 8 nitrogen and oxygen atoms in total. The van der Waals surface area contributed by atoms with Gasteiger partial charge in [-0.05, 0) is 24.3 Å². The number of hydrazine groups is 1. The van der Waals surface area contributed by atoms with Gasteiger partial charge >= 0.3 is 0 Å². The van der Waals surface area contributed by atoms with Crippen LogP contribution in [0.5, 0.6) is 11.5 Å². The summed E-state index contributed by atoms with van der Waals surface area (Å²) < 4.78 is 10.3. The van der Waals surface area contributed by atoms with Crippen LogP contribution in [-0.2, 0) is 9.59 Å². The van der Waals surface area contributed by atoms with E-state index in [1.165, 1.54) is 14.2 Å². The highest BCUT2D eigenvalue weighted by Crippen LogP contribution is 2.26. The highest BCUT2D eigenvalue weighted by molar-refractivity contribution is 6.22. The number of hydrogen-bond acceptors (Lipinski definition) is 6. The summed E-state index contributed by atoms with van der Waals surface area (Å²) in [5.74, 6) is -0.337. The first-order valence-corrected chi connectivity index (χ1v) is 8.25. The van der Waals surface area contributed by atoms with Crippen molar-refractivity contribution < 1.29 is 23.9 Å². The van der Waals surface area contributed by atoms with E-state index in [-0.39, 0.29) is 12.3 Å². The number of methoxy groups -OCH3 is 2. The van der Waals surface area contributed by atoms with Gasteiger partial charge in [-0.3, -0.25) is 19.8 Å². The van der Waals surface area contributed by atoms with Crippen LogP contribution in [0.2, 0.25) is 0 Å². The van der Waals surface area contributed by atoms with Crippen molar-refractivity contribution >= 4 is 23.4 Å². The fraction of sp³-hybridized carbons (Fsp3) is 0.211. The van der Waals surface area contributed by atoms with E-state index in [9.17, 15) is 14.4 Å². The Hall–Kier alpha value is -3.39. The van der Waals surface area contributed by atoms with Gasteiger partial charge in [-0.1, -0.05) is 18.2 Å². The summed E-state index contributed by atoms with van der Waals surface area (Å²) in [6.07, 6.45) is -0.0672. The van der Waals surface area contributed by atoms with Crippen LogP contribution in [0.25, 0.3) is 0 Å². The third kappa shape index (κ3) is 3.75. The van der Waals surface area contributed by atoms with Gasteiger partial charge in [0.05, 0.1) is 31.9 Å². The predicted octanol–water partition coefficient (Wildman–Crippen LogP) is 1.27. The van der Waals surface area contributed by atoms with Crippen LogP contribution in [0.3, 0.4) is 0 Å². The van der Waals surface area contributed by atoms with E-state index < -0.39 is 17.9 Å². The Labute approximate surface area is 156 Å². The smallest absolute Gasteiger partial charge is 0.269 e. The molecule has 1 fully saturated rings. The van der Waals surface area contributed by atoms with Crippen molar-refractivity contribution in [3.8, 4) is 11.5 Å². The number of rotatable bonds is 6. The van der Waals surface area contributed by atoms with Gasteiger partial charge in [-0.25, -0.2) is 10.3 Å². The molecule has 3 amide bonds. The number of benzene rings is 2. The molecule has 0 bridgehead atoms. The van der Waals surface area contributed by atoms with E-state index in [4.69, 9.17) is 9.47 Å². The second-order valence-corrected chi connectivity index (χ2v) is 5.82. The number of nitrogens with one attached hydrogen (secondary N) is 2. The van der Waals surface area contributed by atoms with Crippen molar-refractivity contribution in [2.24, 2.45) is 0 Å². The molecule has 1 heterocycles. The Kier molecular flexibility index (Phi) is 5.37. The number of ether oxygens (including phenoxy) is 2. The number of amides is 3. The molecule has 0 aliphatic carbocycles. The fourth-order valence-electron chi connectivity index (χ4n) is 2.82. The molecule has 27 heavy (non-hydrogen) atoms. The van der Waals surface area contributed by atoms with Crippen molar-refractivity contribution in [3.05, 3.63) is 54.1 Å². The van der Waals surface area contributed by atoms with Crippen LogP contribution in [0.1, 0.15) is 16.8 Å². The summed E-state index contributed by atoms with van der Waals surface area (Å²) in [7, 11) is 2.97. The maximum absolute atomic E-state index is 12.6. The Morgan fingerprint density at radius 3 is 2.59 bits per heavy atom. The Morgan fingerprint density at radius 1 is 1.07 bits per heavy atom. The molecule has 8 heteroatoms. The van der Waals surface area contributed by atoms with Crippen LogP contribution in [0.15, 0.2) is 48.5 Å². The quantitative estimate of drug-likeness (QED) is 0.588. The monoisotopic (exact) mass is 369 g/mol. The number of anilines is 1. The molecule has 0 spiro atoms. The summed E-state index contributed by atoms with van der Waals surface area (Å²) in [5, 5.41) is 0. The lowest BCUT2D eigenvalue weighted by Crippen LogP contribution is -2.48. The van der Waals surface area contributed by atoms with Gasteiger partial charge < -0.3 is 9.47 Å². The molecular formula is C19H19N3O5. The Bertz CT molecular complexity index is 883. The third-order valence-electron chi connectivity index (χ3n) is 4.17. The standard InChI is InChI=1S/C19H19N3O5/c1-26-13-7-5-6-12(10-13)22-17(23)11-15(19(22)25)20-21-18(24)14-8-3-4-9-16(14)27-2/h3-10,15,20H,11H2,1-2H3,(H,21,24)/t15-/m0/s1. The van der Waals surface area contributed by atoms with E-state index in [0.717, 1.165) is 4.90 Å². The first-order valence-electron chi connectivity index (χ1n) is 8.25.